The van der Waals surface area contributed by atoms with Crippen LogP contribution in [0.4, 0.5) is 11.5 Å². The minimum absolute atomic E-state index is 0.428. The molecule has 0 aliphatic heterocycles. The molecule has 0 bridgehead atoms. The Morgan fingerprint density at radius 2 is 1.88 bits per heavy atom. The second-order valence-electron chi connectivity index (χ2n) is 7.05. The van der Waals surface area contributed by atoms with E-state index in [1.165, 1.54) is 11.8 Å². The Kier molecular flexibility index (Phi) is 6.32. The minimum Gasteiger partial charge on any atom is -0.398 e. The van der Waals surface area contributed by atoms with Gasteiger partial charge in [0, 0.05) is 47.4 Å². The van der Waals surface area contributed by atoms with Gasteiger partial charge in [-0.05, 0) is 47.7 Å². The van der Waals surface area contributed by atoms with Crippen molar-refractivity contribution in [3.63, 3.8) is 0 Å². The Hall–Kier alpha value is -3.91. The molecule has 4 aromatic rings. The maximum atomic E-state index is 12.0. The van der Waals surface area contributed by atoms with Gasteiger partial charge in [-0.25, -0.2) is 9.97 Å². The Morgan fingerprint density at radius 3 is 2.59 bits per heavy atom. The molecule has 2 heterocycles. The number of pyridine rings is 1. The molecule has 1 amide bonds. The molecule has 0 fully saturated rings. The van der Waals surface area contributed by atoms with Crippen molar-refractivity contribution in [2.75, 3.05) is 17.3 Å². The highest BCUT2D eigenvalue weighted by Gasteiger charge is 2.13. The molecule has 4 rings (SSSR count). The first-order valence-electron chi connectivity index (χ1n) is 9.90. The summed E-state index contributed by atoms with van der Waals surface area (Å²) >= 11 is 1.47. The summed E-state index contributed by atoms with van der Waals surface area (Å²) in [7, 11) is 0. The number of benzene rings is 2. The van der Waals surface area contributed by atoms with Gasteiger partial charge in [-0.1, -0.05) is 36.0 Å². The van der Waals surface area contributed by atoms with Gasteiger partial charge < -0.3 is 16.8 Å². The molecule has 0 unspecified atom stereocenters. The molecule has 0 saturated carbocycles. The number of carbonyl (C=O) groups excluding carboxylic acids is 1. The van der Waals surface area contributed by atoms with Crippen molar-refractivity contribution in [1.29, 1.82) is 0 Å². The van der Waals surface area contributed by atoms with Crippen molar-refractivity contribution >= 4 is 29.2 Å². The zero-order chi connectivity index (χ0) is 22.5. The highest BCUT2D eigenvalue weighted by atomic mass is 32.2. The standard InChI is InChI=1S/C24H22N6OS/c1-32-24-29-21(16-5-4-10-27-14-16)12-22(30-24)28-13-15-8-9-18(23(26)31)19(11-15)17-6-2-3-7-20(17)25/h2-12,14H,13,25H2,1H3,(H2,26,31)(H,28,29,30). The summed E-state index contributed by atoms with van der Waals surface area (Å²) in [6.07, 6.45) is 5.44. The second kappa shape index (κ2) is 9.49. The van der Waals surface area contributed by atoms with E-state index < -0.39 is 5.91 Å². The average molecular weight is 443 g/mol. The SMILES string of the molecule is CSc1nc(NCc2ccc(C(N)=O)c(-c3ccccc3N)c2)cc(-c2cccnc2)n1. The van der Waals surface area contributed by atoms with Crippen molar-refractivity contribution in [2.24, 2.45) is 5.73 Å². The van der Waals surface area contributed by atoms with Crippen LogP contribution in [0, 0.1) is 0 Å². The molecular weight excluding hydrogens is 420 g/mol. The monoisotopic (exact) mass is 442 g/mol. The molecule has 0 radical (unpaired) electrons. The number of rotatable bonds is 7. The zero-order valence-corrected chi connectivity index (χ0v) is 18.3. The average Bonchev–Trinajstić information content (AvgIpc) is 2.83. The van der Waals surface area contributed by atoms with Crippen molar-refractivity contribution in [3.05, 3.63) is 84.2 Å². The van der Waals surface area contributed by atoms with Crippen molar-refractivity contribution in [1.82, 2.24) is 15.0 Å². The lowest BCUT2D eigenvalue weighted by atomic mass is 9.95. The smallest absolute Gasteiger partial charge is 0.249 e. The lowest BCUT2D eigenvalue weighted by Crippen LogP contribution is -2.13. The predicted molar refractivity (Wildman–Crippen MR) is 129 cm³/mol. The number of nitrogens with zero attached hydrogens (tertiary/aromatic N) is 3. The lowest BCUT2D eigenvalue weighted by molar-refractivity contribution is 0.100. The molecule has 32 heavy (non-hydrogen) atoms. The number of aromatic nitrogens is 3. The molecule has 0 saturated heterocycles. The topological polar surface area (TPSA) is 120 Å². The van der Waals surface area contributed by atoms with Crippen LogP contribution in [0.25, 0.3) is 22.4 Å². The van der Waals surface area contributed by atoms with Gasteiger partial charge in [-0.3, -0.25) is 9.78 Å². The Balaban J connectivity index is 1.64. The molecule has 8 heteroatoms. The molecule has 0 spiro atoms. The molecule has 2 aromatic heterocycles. The Labute approximate surface area is 190 Å². The van der Waals surface area contributed by atoms with E-state index in [1.807, 2.05) is 54.8 Å². The fourth-order valence-corrected chi connectivity index (χ4v) is 3.72. The molecular formula is C24H22N6OS. The number of carbonyl (C=O) groups is 1. The van der Waals surface area contributed by atoms with Crippen LogP contribution in [0.2, 0.25) is 0 Å². The third-order valence-corrected chi connectivity index (χ3v) is 5.47. The summed E-state index contributed by atoms with van der Waals surface area (Å²) in [5, 5.41) is 4.02. The van der Waals surface area contributed by atoms with Crippen LogP contribution in [0.15, 0.2) is 78.2 Å². The van der Waals surface area contributed by atoms with Crippen molar-refractivity contribution in [2.45, 2.75) is 11.7 Å². The Bertz CT molecular complexity index is 1260. The van der Waals surface area contributed by atoms with Gasteiger partial charge in [0.05, 0.1) is 5.69 Å². The number of thioether (sulfide) groups is 1. The number of amides is 1. The first-order valence-corrected chi connectivity index (χ1v) is 11.1. The highest BCUT2D eigenvalue weighted by Crippen LogP contribution is 2.30. The lowest BCUT2D eigenvalue weighted by Gasteiger charge is -2.13. The van der Waals surface area contributed by atoms with Crippen LogP contribution in [0.3, 0.4) is 0 Å². The first kappa shape index (κ1) is 21.3. The van der Waals surface area contributed by atoms with Crippen LogP contribution < -0.4 is 16.8 Å². The third-order valence-electron chi connectivity index (χ3n) is 4.92. The fraction of sp³-hybridized carbons (Fsp3) is 0.0833. The van der Waals surface area contributed by atoms with Crippen LogP contribution in [0.5, 0.6) is 0 Å². The summed E-state index contributed by atoms with van der Waals surface area (Å²) < 4.78 is 0. The van der Waals surface area contributed by atoms with E-state index in [1.54, 1.807) is 24.5 Å². The fourth-order valence-electron chi connectivity index (χ4n) is 3.34. The summed E-state index contributed by atoms with van der Waals surface area (Å²) in [4.78, 5) is 25.3. The van der Waals surface area contributed by atoms with E-state index in [-0.39, 0.29) is 0 Å². The normalized spacial score (nSPS) is 10.7. The van der Waals surface area contributed by atoms with Gasteiger partial charge >= 0.3 is 0 Å². The number of nitrogen functional groups attached to an aromatic ring is 1. The van der Waals surface area contributed by atoms with Crippen molar-refractivity contribution in [3.8, 4) is 22.4 Å². The summed E-state index contributed by atoms with van der Waals surface area (Å²) in [6.45, 7) is 0.496. The Morgan fingerprint density at radius 1 is 1.03 bits per heavy atom. The van der Waals surface area contributed by atoms with Gasteiger partial charge in [0.1, 0.15) is 5.82 Å². The van der Waals surface area contributed by atoms with E-state index in [4.69, 9.17) is 11.5 Å². The van der Waals surface area contributed by atoms with E-state index in [0.717, 1.165) is 22.4 Å². The zero-order valence-electron chi connectivity index (χ0n) is 17.4. The molecule has 2 aromatic carbocycles. The minimum atomic E-state index is -0.496. The summed E-state index contributed by atoms with van der Waals surface area (Å²) in [5.41, 5.74) is 16.9. The summed E-state index contributed by atoms with van der Waals surface area (Å²) in [5.74, 6) is 0.201. The highest BCUT2D eigenvalue weighted by molar-refractivity contribution is 7.98. The van der Waals surface area contributed by atoms with Crippen LogP contribution in [-0.2, 0) is 6.54 Å². The predicted octanol–water partition coefficient (Wildman–Crippen LogP) is 4.22. The summed E-state index contributed by atoms with van der Waals surface area (Å²) in [6, 6.07) is 18.7. The first-order chi connectivity index (χ1) is 15.5. The van der Waals surface area contributed by atoms with Crippen LogP contribution in [-0.4, -0.2) is 27.1 Å². The van der Waals surface area contributed by atoms with E-state index in [2.05, 4.69) is 20.3 Å². The van der Waals surface area contributed by atoms with Gasteiger partial charge in [0.15, 0.2) is 5.16 Å². The molecule has 160 valence electrons. The van der Waals surface area contributed by atoms with E-state index >= 15 is 0 Å². The number of para-hydroxylation sites is 1. The number of anilines is 2. The molecule has 7 nitrogen and oxygen atoms in total. The largest absolute Gasteiger partial charge is 0.398 e. The number of nitrogens with one attached hydrogen (secondary N) is 1. The molecule has 5 N–H and O–H groups in total. The molecule has 0 aliphatic rings. The number of primary amides is 1. The number of hydrogen-bond acceptors (Lipinski definition) is 7. The second-order valence-corrected chi connectivity index (χ2v) is 7.83. The molecule has 0 atom stereocenters. The van der Waals surface area contributed by atoms with E-state index in [0.29, 0.717) is 34.3 Å². The van der Waals surface area contributed by atoms with E-state index in [9.17, 15) is 4.79 Å². The number of nitrogens with two attached hydrogens (primary N) is 2. The maximum absolute atomic E-state index is 12.0. The third kappa shape index (κ3) is 4.70. The number of hydrogen-bond donors (Lipinski definition) is 3. The van der Waals surface area contributed by atoms with Crippen molar-refractivity contribution < 1.29 is 4.79 Å². The maximum Gasteiger partial charge on any atom is 0.249 e. The molecule has 0 aliphatic carbocycles. The van der Waals surface area contributed by atoms with Gasteiger partial charge in [0.2, 0.25) is 5.91 Å². The van der Waals surface area contributed by atoms with Crippen LogP contribution >= 0.6 is 11.8 Å². The van der Waals surface area contributed by atoms with Gasteiger partial charge in [-0.2, -0.15) is 0 Å². The van der Waals surface area contributed by atoms with Crippen LogP contribution in [0.1, 0.15) is 15.9 Å². The van der Waals surface area contributed by atoms with Gasteiger partial charge in [0.25, 0.3) is 0 Å². The quantitative estimate of drug-likeness (QED) is 0.223. The van der Waals surface area contributed by atoms with Gasteiger partial charge in [-0.15, -0.1) is 0 Å².